The van der Waals surface area contributed by atoms with Gasteiger partial charge in [0.2, 0.25) is 0 Å². The molecule has 5 N–H and O–H groups in total. The Labute approximate surface area is 88.5 Å². The number of ether oxygens (including phenoxy) is 1. The zero-order valence-corrected chi connectivity index (χ0v) is 8.71. The molecule has 5 atom stereocenters. The third kappa shape index (κ3) is 2.87. The summed E-state index contributed by atoms with van der Waals surface area (Å²) in [7, 11) is 0. The molecule has 1 unspecified atom stereocenters. The van der Waals surface area contributed by atoms with Crippen LogP contribution >= 0.6 is 0 Å². The largest absolute Gasteiger partial charge is 0.394 e. The molecule has 1 heterocycles. The van der Waals surface area contributed by atoms with Crippen molar-refractivity contribution in [2.75, 3.05) is 13.2 Å². The lowest BCUT2D eigenvalue weighted by atomic mass is 9.97. The SMILES string of the molecule is CCCN[C@H]1C(O)O[C@H](CO)[C@H](O)[C@@H]1O. The molecule has 1 rings (SSSR count). The Kier molecular flexibility index (Phi) is 4.91. The first kappa shape index (κ1) is 12.8. The first-order chi connectivity index (χ1) is 7.11. The van der Waals surface area contributed by atoms with E-state index in [1.54, 1.807) is 0 Å². The molecule has 15 heavy (non-hydrogen) atoms. The predicted molar refractivity (Wildman–Crippen MR) is 52.1 cm³/mol. The second-order valence-corrected chi connectivity index (χ2v) is 3.71. The highest BCUT2D eigenvalue weighted by molar-refractivity contribution is 4.92. The lowest BCUT2D eigenvalue weighted by molar-refractivity contribution is -0.254. The van der Waals surface area contributed by atoms with Crippen LogP contribution in [0.2, 0.25) is 0 Å². The van der Waals surface area contributed by atoms with Gasteiger partial charge in [-0.25, -0.2) is 0 Å². The van der Waals surface area contributed by atoms with E-state index in [0.29, 0.717) is 6.54 Å². The number of hydrogen-bond acceptors (Lipinski definition) is 6. The number of hydrogen-bond donors (Lipinski definition) is 5. The van der Waals surface area contributed by atoms with E-state index in [0.717, 1.165) is 6.42 Å². The van der Waals surface area contributed by atoms with E-state index in [1.165, 1.54) is 0 Å². The van der Waals surface area contributed by atoms with Crippen LogP contribution in [0.25, 0.3) is 0 Å². The topological polar surface area (TPSA) is 102 Å². The number of rotatable bonds is 4. The summed E-state index contributed by atoms with van der Waals surface area (Å²) in [4.78, 5) is 0. The van der Waals surface area contributed by atoms with Gasteiger partial charge in [0.25, 0.3) is 0 Å². The van der Waals surface area contributed by atoms with Gasteiger partial charge in [-0.1, -0.05) is 6.92 Å². The average Bonchev–Trinajstić information content (AvgIpc) is 2.23. The van der Waals surface area contributed by atoms with Gasteiger partial charge in [-0.2, -0.15) is 0 Å². The molecule has 0 saturated carbocycles. The molecule has 0 aromatic heterocycles. The zero-order valence-electron chi connectivity index (χ0n) is 8.71. The Morgan fingerprint density at radius 2 is 1.87 bits per heavy atom. The van der Waals surface area contributed by atoms with Gasteiger partial charge in [0.15, 0.2) is 6.29 Å². The monoisotopic (exact) mass is 221 g/mol. The van der Waals surface area contributed by atoms with E-state index >= 15 is 0 Å². The van der Waals surface area contributed by atoms with E-state index in [-0.39, 0.29) is 0 Å². The molecule has 0 radical (unpaired) electrons. The van der Waals surface area contributed by atoms with Crippen LogP contribution in [0.5, 0.6) is 0 Å². The van der Waals surface area contributed by atoms with Gasteiger partial charge in [-0.3, -0.25) is 0 Å². The van der Waals surface area contributed by atoms with Gasteiger partial charge < -0.3 is 30.5 Å². The van der Waals surface area contributed by atoms with Gasteiger partial charge in [-0.15, -0.1) is 0 Å². The van der Waals surface area contributed by atoms with Crippen molar-refractivity contribution in [1.82, 2.24) is 5.32 Å². The molecule has 1 aliphatic rings. The molecule has 6 heteroatoms. The van der Waals surface area contributed by atoms with Gasteiger partial charge in [0.05, 0.1) is 12.6 Å². The van der Waals surface area contributed by atoms with Crippen molar-refractivity contribution in [2.45, 2.75) is 44.0 Å². The van der Waals surface area contributed by atoms with Crippen LogP contribution in [-0.4, -0.2) is 64.2 Å². The van der Waals surface area contributed by atoms with Crippen molar-refractivity contribution in [2.24, 2.45) is 0 Å². The van der Waals surface area contributed by atoms with Crippen molar-refractivity contribution in [3.05, 3.63) is 0 Å². The summed E-state index contributed by atoms with van der Waals surface area (Å²) >= 11 is 0. The molecule has 6 nitrogen and oxygen atoms in total. The van der Waals surface area contributed by atoms with E-state index in [2.05, 4.69) is 5.32 Å². The fourth-order valence-electron chi connectivity index (χ4n) is 1.63. The quantitative estimate of drug-likeness (QED) is 0.369. The minimum atomic E-state index is -1.22. The first-order valence-corrected chi connectivity index (χ1v) is 5.15. The van der Waals surface area contributed by atoms with Gasteiger partial charge in [-0.05, 0) is 13.0 Å². The molecule has 90 valence electrons. The lowest BCUT2D eigenvalue weighted by Gasteiger charge is -2.40. The van der Waals surface area contributed by atoms with Gasteiger partial charge in [0, 0.05) is 0 Å². The van der Waals surface area contributed by atoms with Crippen LogP contribution in [-0.2, 0) is 4.74 Å². The number of aliphatic hydroxyl groups is 4. The Bertz CT molecular complexity index is 191. The van der Waals surface area contributed by atoms with Crippen LogP contribution in [0.3, 0.4) is 0 Å². The molecule has 0 amide bonds. The minimum Gasteiger partial charge on any atom is -0.394 e. The maximum Gasteiger partial charge on any atom is 0.173 e. The van der Waals surface area contributed by atoms with Crippen LogP contribution in [0.4, 0.5) is 0 Å². The Morgan fingerprint density at radius 3 is 2.40 bits per heavy atom. The third-order valence-electron chi connectivity index (χ3n) is 2.53. The Balaban J connectivity index is 2.58. The molecule has 0 spiro atoms. The smallest absolute Gasteiger partial charge is 0.173 e. The van der Waals surface area contributed by atoms with Gasteiger partial charge >= 0.3 is 0 Å². The van der Waals surface area contributed by atoms with Crippen molar-refractivity contribution in [3.8, 4) is 0 Å². The van der Waals surface area contributed by atoms with Crippen LogP contribution < -0.4 is 5.32 Å². The molecule has 1 aliphatic heterocycles. The normalized spacial score (nSPS) is 41.8. The maximum absolute atomic E-state index is 9.67. The number of aliphatic hydroxyl groups excluding tert-OH is 4. The third-order valence-corrected chi connectivity index (χ3v) is 2.53. The molecule has 0 bridgehead atoms. The van der Waals surface area contributed by atoms with Crippen molar-refractivity contribution in [1.29, 1.82) is 0 Å². The van der Waals surface area contributed by atoms with Gasteiger partial charge in [0.1, 0.15) is 18.3 Å². The van der Waals surface area contributed by atoms with E-state index in [4.69, 9.17) is 9.84 Å². The Hall–Kier alpha value is -0.240. The average molecular weight is 221 g/mol. The molecular weight excluding hydrogens is 202 g/mol. The molecule has 0 aliphatic carbocycles. The molecule has 1 saturated heterocycles. The van der Waals surface area contributed by atoms with Crippen molar-refractivity contribution in [3.63, 3.8) is 0 Å². The second-order valence-electron chi connectivity index (χ2n) is 3.71. The molecule has 1 fully saturated rings. The Morgan fingerprint density at radius 1 is 1.20 bits per heavy atom. The minimum absolute atomic E-state index is 0.435. The highest BCUT2D eigenvalue weighted by atomic mass is 16.6. The van der Waals surface area contributed by atoms with Crippen LogP contribution in [0.1, 0.15) is 13.3 Å². The highest BCUT2D eigenvalue weighted by Crippen LogP contribution is 2.19. The zero-order chi connectivity index (χ0) is 11.4. The summed E-state index contributed by atoms with van der Waals surface area (Å²) < 4.78 is 4.96. The van der Waals surface area contributed by atoms with Crippen molar-refractivity contribution < 1.29 is 25.2 Å². The standard InChI is InChI=1S/C9H19NO5/c1-2-3-10-6-8(13)7(12)5(4-11)15-9(6)14/h5-14H,2-4H2,1H3/t5-,6-,7+,8-,9?/m1/s1. The fraction of sp³-hybridized carbons (Fsp3) is 1.00. The number of nitrogens with one attached hydrogen (secondary N) is 1. The summed E-state index contributed by atoms with van der Waals surface area (Å²) in [5.74, 6) is 0. The molecule has 0 aromatic carbocycles. The van der Waals surface area contributed by atoms with Crippen LogP contribution in [0, 0.1) is 0 Å². The summed E-state index contributed by atoms with van der Waals surface area (Å²) in [5.41, 5.74) is 0. The van der Waals surface area contributed by atoms with E-state index in [9.17, 15) is 15.3 Å². The van der Waals surface area contributed by atoms with Crippen LogP contribution in [0.15, 0.2) is 0 Å². The predicted octanol–water partition coefficient (Wildman–Crippen LogP) is -2.21. The second kappa shape index (κ2) is 5.74. The van der Waals surface area contributed by atoms with E-state index < -0.39 is 37.3 Å². The molecule has 0 aromatic rings. The lowest BCUT2D eigenvalue weighted by Crippen LogP contribution is -2.63. The van der Waals surface area contributed by atoms with E-state index in [1.807, 2.05) is 6.92 Å². The summed E-state index contributed by atoms with van der Waals surface area (Å²) in [6.07, 6.45) is -3.64. The molecular formula is C9H19NO5. The highest BCUT2D eigenvalue weighted by Gasteiger charge is 2.43. The summed E-state index contributed by atoms with van der Waals surface area (Å²) in [6.45, 7) is 2.12. The summed E-state index contributed by atoms with van der Waals surface area (Å²) in [5, 5.41) is 40.4. The fourth-order valence-corrected chi connectivity index (χ4v) is 1.63. The first-order valence-electron chi connectivity index (χ1n) is 5.15. The maximum atomic E-state index is 9.67. The summed E-state index contributed by atoms with van der Waals surface area (Å²) in [6, 6.07) is -0.720. The van der Waals surface area contributed by atoms with Crippen molar-refractivity contribution >= 4 is 0 Å².